The van der Waals surface area contributed by atoms with Crippen LogP contribution in [0.15, 0.2) is 76.1 Å². The van der Waals surface area contributed by atoms with E-state index in [1.807, 2.05) is 6.07 Å². The molecule has 0 radical (unpaired) electrons. The summed E-state index contributed by atoms with van der Waals surface area (Å²) < 4.78 is 6.52. The Morgan fingerprint density at radius 1 is 1.06 bits per heavy atom. The van der Waals surface area contributed by atoms with Crippen molar-refractivity contribution in [3.8, 4) is 5.75 Å². The summed E-state index contributed by atoms with van der Waals surface area (Å²) in [4.78, 5) is 38.8. The molecular weight excluding hydrogens is 575 g/mol. The predicted molar refractivity (Wildman–Crippen MR) is 143 cm³/mol. The van der Waals surface area contributed by atoms with Gasteiger partial charge in [0.25, 0.3) is 11.1 Å². The van der Waals surface area contributed by atoms with Crippen LogP contribution in [0, 0.1) is 0 Å². The van der Waals surface area contributed by atoms with Crippen LogP contribution in [-0.2, 0) is 16.2 Å². The lowest BCUT2D eigenvalue weighted by atomic mass is 10.2. The zero-order valence-electron chi connectivity index (χ0n) is 18.0. The van der Waals surface area contributed by atoms with Crippen molar-refractivity contribution >= 4 is 79.7 Å². The molecule has 1 aliphatic rings. The number of rotatable bonds is 7. The van der Waals surface area contributed by atoms with Crippen molar-refractivity contribution in [1.29, 1.82) is 0 Å². The smallest absolute Gasteiger partial charge is 0.294 e. The standard InChI is InChI=1S/C25H17BrCl2N2O4S/c26-19-6-1-2-7-21(19)29-23(31)13-30-24(32)22(35-25(30)33)11-15-4-3-5-18(10-15)34-14-16-8-9-17(27)12-20(16)28/h1-12H,13-14H2,(H,29,31)/b22-11+. The lowest BCUT2D eigenvalue weighted by Crippen LogP contribution is -2.36. The largest absolute Gasteiger partial charge is 0.489 e. The number of hydrogen-bond donors (Lipinski definition) is 1. The van der Waals surface area contributed by atoms with Gasteiger partial charge in [-0.2, -0.15) is 0 Å². The molecule has 1 fully saturated rings. The van der Waals surface area contributed by atoms with Gasteiger partial charge in [-0.05, 0) is 75.7 Å². The van der Waals surface area contributed by atoms with Gasteiger partial charge in [0.15, 0.2) is 0 Å². The Morgan fingerprint density at radius 2 is 1.86 bits per heavy atom. The second-order valence-electron chi connectivity index (χ2n) is 7.39. The Labute approximate surface area is 224 Å². The van der Waals surface area contributed by atoms with Gasteiger partial charge < -0.3 is 10.1 Å². The summed E-state index contributed by atoms with van der Waals surface area (Å²) in [6.45, 7) is -0.142. The molecule has 0 aromatic heterocycles. The van der Waals surface area contributed by atoms with Crippen LogP contribution in [0.4, 0.5) is 10.5 Å². The molecular formula is C25H17BrCl2N2O4S. The number of halogens is 3. The Balaban J connectivity index is 1.41. The number of carbonyl (C=O) groups is 3. The molecule has 6 nitrogen and oxygen atoms in total. The third-order valence-electron chi connectivity index (χ3n) is 4.89. The first kappa shape index (κ1) is 25.3. The molecule has 0 bridgehead atoms. The average molecular weight is 592 g/mol. The van der Waals surface area contributed by atoms with Gasteiger partial charge in [-0.3, -0.25) is 19.3 Å². The molecule has 0 unspecified atom stereocenters. The van der Waals surface area contributed by atoms with Crippen molar-refractivity contribution in [2.45, 2.75) is 6.61 Å². The summed E-state index contributed by atoms with van der Waals surface area (Å²) in [6, 6.07) is 19.3. The highest BCUT2D eigenvalue weighted by molar-refractivity contribution is 9.10. The third kappa shape index (κ3) is 6.46. The minimum atomic E-state index is -0.526. The molecule has 10 heteroatoms. The maximum absolute atomic E-state index is 12.8. The van der Waals surface area contributed by atoms with E-state index in [2.05, 4.69) is 21.2 Å². The number of nitrogens with zero attached hydrogens (tertiary/aromatic N) is 1. The predicted octanol–water partition coefficient (Wildman–Crippen LogP) is 7.01. The number of ether oxygens (including phenoxy) is 1. The van der Waals surface area contributed by atoms with Gasteiger partial charge in [0.05, 0.1) is 10.6 Å². The molecule has 1 heterocycles. The molecule has 4 rings (SSSR count). The summed E-state index contributed by atoms with van der Waals surface area (Å²) in [5.74, 6) is -0.435. The van der Waals surface area contributed by atoms with Crippen molar-refractivity contribution in [3.05, 3.63) is 97.3 Å². The molecule has 3 aromatic rings. The SMILES string of the molecule is O=C(CN1C(=O)S/C(=C/c2cccc(OCc3ccc(Cl)cc3Cl)c2)C1=O)Nc1ccccc1Br. The molecule has 0 saturated carbocycles. The van der Waals surface area contributed by atoms with Crippen LogP contribution in [0.5, 0.6) is 5.75 Å². The quantitative estimate of drug-likeness (QED) is 0.299. The number of amides is 3. The van der Waals surface area contributed by atoms with E-state index in [-0.39, 0.29) is 18.1 Å². The lowest BCUT2D eigenvalue weighted by molar-refractivity contribution is -0.127. The number of imide groups is 1. The van der Waals surface area contributed by atoms with Gasteiger partial charge in [0.1, 0.15) is 18.9 Å². The molecule has 35 heavy (non-hydrogen) atoms. The first-order chi connectivity index (χ1) is 16.8. The van der Waals surface area contributed by atoms with Crippen molar-refractivity contribution in [2.24, 2.45) is 0 Å². The summed E-state index contributed by atoms with van der Waals surface area (Å²) in [6.07, 6.45) is 1.60. The zero-order valence-corrected chi connectivity index (χ0v) is 21.9. The molecule has 1 N–H and O–H groups in total. The molecule has 0 aliphatic carbocycles. The highest BCUT2D eigenvalue weighted by atomic mass is 79.9. The highest BCUT2D eigenvalue weighted by Crippen LogP contribution is 2.33. The van der Waals surface area contributed by atoms with Crippen molar-refractivity contribution in [1.82, 2.24) is 4.90 Å². The van der Waals surface area contributed by atoms with E-state index in [1.165, 1.54) is 0 Å². The van der Waals surface area contributed by atoms with Crippen molar-refractivity contribution in [3.63, 3.8) is 0 Å². The van der Waals surface area contributed by atoms with Crippen LogP contribution in [-0.4, -0.2) is 28.5 Å². The normalized spacial score (nSPS) is 14.5. The summed E-state index contributed by atoms with van der Waals surface area (Å²) in [7, 11) is 0. The minimum absolute atomic E-state index is 0.224. The first-order valence-corrected chi connectivity index (χ1v) is 12.6. The van der Waals surface area contributed by atoms with Gasteiger partial charge in [-0.1, -0.05) is 53.5 Å². The van der Waals surface area contributed by atoms with Crippen LogP contribution in [0.3, 0.4) is 0 Å². The monoisotopic (exact) mass is 590 g/mol. The Kier molecular flexibility index (Phi) is 8.18. The van der Waals surface area contributed by atoms with Crippen molar-refractivity contribution < 1.29 is 19.1 Å². The van der Waals surface area contributed by atoms with Crippen LogP contribution >= 0.6 is 50.9 Å². The van der Waals surface area contributed by atoms with Crippen LogP contribution in [0.2, 0.25) is 10.0 Å². The number of carbonyl (C=O) groups excluding carboxylic acids is 3. The highest BCUT2D eigenvalue weighted by Gasteiger charge is 2.36. The van der Waals surface area contributed by atoms with Gasteiger partial charge in [0, 0.05) is 20.1 Å². The van der Waals surface area contributed by atoms with E-state index in [0.717, 1.165) is 22.2 Å². The fourth-order valence-electron chi connectivity index (χ4n) is 3.18. The van der Waals surface area contributed by atoms with E-state index in [4.69, 9.17) is 27.9 Å². The second-order valence-corrected chi connectivity index (χ2v) is 10.1. The number of benzene rings is 3. The Morgan fingerprint density at radius 3 is 2.63 bits per heavy atom. The number of nitrogens with one attached hydrogen (secondary N) is 1. The molecule has 1 saturated heterocycles. The van der Waals surface area contributed by atoms with Gasteiger partial charge in [-0.15, -0.1) is 0 Å². The average Bonchev–Trinajstić information content (AvgIpc) is 3.07. The summed E-state index contributed by atoms with van der Waals surface area (Å²) in [5.41, 5.74) is 2.01. The molecule has 0 spiro atoms. The zero-order chi connectivity index (χ0) is 24.9. The number of hydrogen-bond acceptors (Lipinski definition) is 5. The van der Waals surface area contributed by atoms with E-state index < -0.39 is 17.1 Å². The Hall–Kier alpha value is -2.78. The number of thioether (sulfide) groups is 1. The third-order valence-corrected chi connectivity index (χ3v) is 7.07. The topological polar surface area (TPSA) is 75.7 Å². The lowest BCUT2D eigenvalue weighted by Gasteiger charge is -2.13. The second kappa shape index (κ2) is 11.3. The van der Waals surface area contributed by atoms with Gasteiger partial charge >= 0.3 is 0 Å². The van der Waals surface area contributed by atoms with E-state index in [9.17, 15) is 14.4 Å². The van der Waals surface area contributed by atoms with E-state index in [0.29, 0.717) is 31.5 Å². The molecule has 178 valence electrons. The summed E-state index contributed by atoms with van der Waals surface area (Å²) in [5, 5.41) is 3.23. The summed E-state index contributed by atoms with van der Waals surface area (Å²) >= 11 is 16.2. The number of anilines is 1. The van der Waals surface area contributed by atoms with Crippen LogP contribution in [0.25, 0.3) is 6.08 Å². The Bertz CT molecular complexity index is 1350. The fraction of sp³-hybridized carbons (Fsp3) is 0.0800. The van der Waals surface area contributed by atoms with Gasteiger partial charge in [0.2, 0.25) is 5.91 Å². The maximum Gasteiger partial charge on any atom is 0.294 e. The molecule has 3 amide bonds. The first-order valence-electron chi connectivity index (χ1n) is 10.3. The van der Waals surface area contributed by atoms with E-state index >= 15 is 0 Å². The molecule has 3 aromatic carbocycles. The van der Waals surface area contributed by atoms with Crippen LogP contribution < -0.4 is 10.1 Å². The van der Waals surface area contributed by atoms with Crippen molar-refractivity contribution in [2.75, 3.05) is 11.9 Å². The maximum atomic E-state index is 12.8. The number of para-hydroxylation sites is 1. The van der Waals surface area contributed by atoms with E-state index in [1.54, 1.807) is 66.7 Å². The van der Waals surface area contributed by atoms with Gasteiger partial charge in [-0.25, -0.2) is 0 Å². The minimum Gasteiger partial charge on any atom is -0.489 e. The molecule has 1 aliphatic heterocycles. The fourth-order valence-corrected chi connectivity index (χ4v) is 4.86. The van der Waals surface area contributed by atoms with Crippen LogP contribution in [0.1, 0.15) is 11.1 Å². The molecule has 0 atom stereocenters.